The smallest absolute Gasteiger partial charge is 0.255 e. The second kappa shape index (κ2) is 8.49. The molecule has 0 aliphatic heterocycles. The van der Waals surface area contributed by atoms with Crippen molar-refractivity contribution < 1.29 is 14.3 Å². The number of carbonyl (C=O) groups excluding carboxylic acids is 2. The molecular formula is C18H19BrN2O3. The highest BCUT2D eigenvalue weighted by atomic mass is 79.9. The van der Waals surface area contributed by atoms with Gasteiger partial charge in [0.25, 0.3) is 11.8 Å². The molecule has 0 aliphatic carbocycles. The maximum atomic E-state index is 12.3. The first-order valence-electron chi connectivity index (χ1n) is 7.61. The number of amides is 2. The van der Waals surface area contributed by atoms with Gasteiger partial charge in [-0.15, -0.1) is 0 Å². The van der Waals surface area contributed by atoms with E-state index in [4.69, 9.17) is 4.74 Å². The largest absolute Gasteiger partial charge is 0.492 e. The number of hydrogen-bond acceptors (Lipinski definition) is 3. The molecule has 2 aromatic rings. The number of ether oxygens (including phenoxy) is 1. The van der Waals surface area contributed by atoms with Gasteiger partial charge in [-0.25, -0.2) is 0 Å². The van der Waals surface area contributed by atoms with Crippen LogP contribution in [0.4, 0.5) is 5.69 Å². The van der Waals surface area contributed by atoms with Crippen molar-refractivity contribution in [2.45, 2.75) is 13.3 Å². The van der Waals surface area contributed by atoms with E-state index in [1.807, 2.05) is 6.92 Å². The summed E-state index contributed by atoms with van der Waals surface area (Å²) in [5, 5.41) is 5.35. The zero-order valence-electron chi connectivity index (χ0n) is 13.6. The third kappa shape index (κ3) is 4.58. The van der Waals surface area contributed by atoms with Crippen LogP contribution < -0.4 is 15.4 Å². The van der Waals surface area contributed by atoms with E-state index in [1.54, 1.807) is 49.5 Å². The number of nitrogens with one attached hydrogen (secondary N) is 2. The number of rotatable bonds is 6. The molecule has 0 saturated carbocycles. The highest BCUT2D eigenvalue weighted by molar-refractivity contribution is 9.10. The van der Waals surface area contributed by atoms with Crippen molar-refractivity contribution in [1.29, 1.82) is 0 Å². The molecule has 0 atom stereocenters. The van der Waals surface area contributed by atoms with Crippen LogP contribution in [0, 0.1) is 0 Å². The van der Waals surface area contributed by atoms with Crippen LogP contribution in [-0.2, 0) is 0 Å². The van der Waals surface area contributed by atoms with Crippen LogP contribution in [0.3, 0.4) is 0 Å². The van der Waals surface area contributed by atoms with E-state index in [0.717, 1.165) is 10.9 Å². The summed E-state index contributed by atoms with van der Waals surface area (Å²) >= 11 is 3.42. The molecule has 2 aromatic carbocycles. The second-order valence-electron chi connectivity index (χ2n) is 5.10. The highest BCUT2D eigenvalue weighted by Gasteiger charge is 2.10. The average molecular weight is 391 g/mol. The first-order chi connectivity index (χ1) is 11.5. The van der Waals surface area contributed by atoms with Crippen LogP contribution in [0.15, 0.2) is 46.9 Å². The monoisotopic (exact) mass is 390 g/mol. The topological polar surface area (TPSA) is 67.4 Å². The van der Waals surface area contributed by atoms with Crippen molar-refractivity contribution >= 4 is 33.4 Å². The zero-order chi connectivity index (χ0) is 17.5. The van der Waals surface area contributed by atoms with Crippen LogP contribution in [0.5, 0.6) is 5.75 Å². The second-order valence-corrected chi connectivity index (χ2v) is 5.96. The summed E-state index contributed by atoms with van der Waals surface area (Å²) < 4.78 is 6.30. The molecule has 0 aromatic heterocycles. The van der Waals surface area contributed by atoms with Gasteiger partial charge in [0.05, 0.1) is 11.1 Å². The first-order valence-corrected chi connectivity index (χ1v) is 8.40. The Kier molecular flexibility index (Phi) is 6.37. The number of anilines is 1. The molecule has 0 fully saturated rings. The molecule has 0 bridgehead atoms. The Balaban J connectivity index is 2.06. The number of benzene rings is 2. The molecule has 0 saturated heterocycles. The lowest BCUT2D eigenvalue weighted by Crippen LogP contribution is -2.17. The van der Waals surface area contributed by atoms with Gasteiger partial charge in [-0.1, -0.05) is 6.92 Å². The van der Waals surface area contributed by atoms with E-state index in [2.05, 4.69) is 26.6 Å². The summed E-state index contributed by atoms with van der Waals surface area (Å²) in [4.78, 5) is 23.8. The third-order valence-electron chi connectivity index (χ3n) is 3.29. The van der Waals surface area contributed by atoms with Gasteiger partial charge < -0.3 is 15.4 Å². The minimum absolute atomic E-state index is 0.167. The Bertz CT molecular complexity index is 730. The molecule has 2 N–H and O–H groups in total. The van der Waals surface area contributed by atoms with Gasteiger partial charge in [0.2, 0.25) is 0 Å². The van der Waals surface area contributed by atoms with Gasteiger partial charge in [-0.3, -0.25) is 9.59 Å². The SMILES string of the molecule is CCCOc1ccc(C(=O)Nc2ccc(C(=O)NC)cc2)cc1Br. The van der Waals surface area contributed by atoms with Crippen molar-refractivity contribution in [3.8, 4) is 5.75 Å². The van der Waals surface area contributed by atoms with E-state index < -0.39 is 0 Å². The Morgan fingerprint density at radius 2 is 1.71 bits per heavy atom. The van der Waals surface area contributed by atoms with Crippen LogP contribution in [0.25, 0.3) is 0 Å². The van der Waals surface area contributed by atoms with Gasteiger partial charge in [-0.05, 0) is 64.8 Å². The van der Waals surface area contributed by atoms with Gasteiger partial charge in [0.15, 0.2) is 0 Å². The maximum absolute atomic E-state index is 12.3. The molecule has 0 spiro atoms. The predicted octanol–water partition coefficient (Wildman–Crippen LogP) is 3.85. The van der Waals surface area contributed by atoms with Gasteiger partial charge in [-0.2, -0.15) is 0 Å². The van der Waals surface area contributed by atoms with Gasteiger partial charge in [0, 0.05) is 23.9 Å². The highest BCUT2D eigenvalue weighted by Crippen LogP contribution is 2.26. The normalized spacial score (nSPS) is 10.1. The standard InChI is InChI=1S/C18H19BrN2O3/c1-3-10-24-16-9-6-13(11-15(16)19)18(23)21-14-7-4-12(5-8-14)17(22)20-2/h4-9,11H,3,10H2,1-2H3,(H,20,22)(H,21,23). The molecule has 126 valence electrons. The molecule has 2 amide bonds. The average Bonchev–Trinajstić information content (AvgIpc) is 2.60. The fraction of sp³-hybridized carbons (Fsp3) is 0.222. The zero-order valence-corrected chi connectivity index (χ0v) is 15.1. The quantitative estimate of drug-likeness (QED) is 0.786. The number of hydrogen-bond donors (Lipinski definition) is 2. The minimum Gasteiger partial charge on any atom is -0.492 e. The molecule has 0 unspecified atom stereocenters. The third-order valence-corrected chi connectivity index (χ3v) is 3.91. The minimum atomic E-state index is -0.231. The van der Waals surface area contributed by atoms with E-state index in [9.17, 15) is 9.59 Å². The Hall–Kier alpha value is -2.34. The molecule has 0 radical (unpaired) electrons. The van der Waals surface area contributed by atoms with Crippen molar-refractivity contribution in [3.05, 3.63) is 58.1 Å². The van der Waals surface area contributed by atoms with Crippen LogP contribution >= 0.6 is 15.9 Å². The fourth-order valence-electron chi connectivity index (χ4n) is 2.02. The molecule has 24 heavy (non-hydrogen) atoms. The van der Waals surface area contributed by atoms with Crippen molar-refractivity contribution in [3.63, 3.8) is 0 Å². The Morgan fingerprint density at radius 1 is 1.04 bits per heavy atom. The van der Waals surface area contributed by atoms with E-state index in [0.29, 0.717) is 29.2 Å². The van der Waals surface area contributed by atoms with E-state index in [-0.39, 0.29) is 11.8 Å². The molecule has 5 nitrogen and oxygen atoms in total. The Labute approximate surface area is 149 Å². The summed E-state index contributed by atoms with van der Waals surface area (Å²) in [7, 11) is 1.57. The lowest BCUT2D eigenvalue weighted by Gasteiger charge is -2.10. The Morgan fingerprint density at radius 3 is 2.29 bits per heavy atom. The summed E-state index contributed by atoms with van der Waals surface area (Å²) in [5.74, 6) is 0.313. The fourth-order valence-corrected chi connectivity index (χ4v) is 2.52. The van der Waals surface area contributed by atoms with Crippen molar-refractivity contribution in [2.75, 3.05) is 19.0 Å². The molecule has 0 heterocycles. The lowest BCUT2D eigenvalue weighted by molar-refractivity contribution is 0.0962. The van der Waals surface area contributed by atoms with Crippen molar-refractivity contribution in [2.24, 2.45) is 0 Å². The van der Waals surface area contributed by atoms with Crippen LogP contribution in [0.1, 0.15) is 34.1 Å². The summed E-state index contributed by atoms with van der Waals surface area (Å²) in [6.07, 6.45) is 0.917. The van der Waals surface area contributed by atoms with Gasteiger partial charge in [0.1, 0.15) is 5.75 Å². The van der Waals surface area contributed by atoms with Crippen molar-refractivity contribution in [1.82, 2.24) is 5.32 Å². The van der Waals surface area contributed by atoms with Gasteiger partial charge >= 0.3 is 0 Å². The molecule has 6 heteroatoms. The first kappa shape index (κ1) is 18.0. The van der Waals surface area contributed by atoms with Crippen LogP contribution in [-0.4, -0.2) is 25.5 Å². The lowest BCUT2D eigenvalue weighted by atomic mass is 10.1. The predicted molar refractivity (Wildman–Crippen MR) is 97.7 cm³/mol. The number of halogens is 1. The summed E-state index contributed by atoms with van der Waals surface area (Å²) in [6, 6.07) is 11.9. The summed E-state index contributed by atoms with van der Waals surface area (Å²) in [6.45, 7) is 2.66. The summed E-state index contributed by atoms with van der Waals surface area (Å²) in [5.41, 5.74) is 1.67. The van der Waals surface area contributed by atoms with E-state index >= 15 is 0 Å². The maximum Gasteiger partial charge on any atom is 0.255 e. The van der Waals surface area contributed by atoms with Crippen LogP contribution in [0.2, 0.25) is 0 Å². The number of carbonyl (C=O) groups is 2. The molecule has 0 aliphatic rings. The molecule has 2 rings (SSSR count). The molecular weight excluding hydrogens is 372 g/mol. The van der Waals surface area contributed by atoms with E-state index in [1.165, 1.54) is 0 Å².